The van der Waals surface area contributed by atoms with Gasteiger partial charge in [-0.1, -0.05) is 101 Å². The van der Waals surface area contributed by atoms with Crippen molar-refractivity contribution in [3.05, 3.63) is 211 Å². The fraction of sp³-hybridized carbons (Fsp3) is 0.280. The Kier molecular flexibility index (Phi) is 17.6. The van der Waals surface area contributed by atoms with Gasteiger partial charge in [0.15, 0.2) is 0 Å². The molecule has 0 aliphatic rings. The van der Waals surface area contributed by atoms with Gasteiger partial charge in [0, 0.05) is 115 Å². The van der Waals surface area contributed by atoms with Crippen LogP contribution in [0.15, 0.2) is 129 Å². The number of nitrogens with zero attached hydrogens (tertiary/aromatic N) is 8. The molecule has 4 aromatic heterocycles. The molecule has 0 atom stereocenters. The lowest BCUT2D eigenvalue weighted by atomic mass is 9.99. The molecule has 0 fully saturated rings. The van der Waals surface area contributed by atoms with Crippen LogP contribution in [-0.4, -0.2) is 38.2 Å². The van der Waals surface area contributed by atoms with Crippen molar-refractivity contribution in [3.8, 4) is 0 Å². The third-order valence-electron chi connectivity index (χ3n) is 10.7. The molecule has 0 aliphatic heterocycles. The maximum atomic E-state index is 6.11. The summed E-state index contributed by atoms with van der Waals surface area (Å²) in [5.41, 5.74) is 15.1. The molecular weight excluding hydrogens is 819 g/mol. The highest BCUT2D eigenvalue weighted by Gasteiger charge is 2.10. The van der Waals surface area contributed by atoms with E-state index in [9.17, 15) is 0 Å². The van der Waals surface area contributed by atoms with E-state index >= 15 is 0 Å². The second-order valence-electron chi connectivity index (χ2n) is 15.1. The zero-order valence-corrected chi connectivity index (χ0v) is 38.8. The first kappa shape index (κ1) is 46.7. The highest BCUT2D eigenvalue weighted by atomic mass is 35.5. The fourth-order valence-electron chi connectivity index (χ4n) is 6.88. The Labute approximate surface area is 376 Å². The van der Waals surface area contributed by atoms with Crippen molar-refractivity contribution in [3.63, 3.8) is 0 Å². The molecule has 61 heavy (non-hydrogen) atoms. The van der Waals surface area contributed by atoms with Crippen molar-refractivity contribution in [1.29, 1.82) is 0 Å². The van der Waals surface area contributed by atoms with Crippen LogP contribution in [0.1, 0.15) is 81.1 Å². The number of hydrogen-bond acceptors (Lipinski definition) is 4. The SMILES string of the molecule is CCn1cncc1Cc1c(C)cccc1C.CCn1cncc1Cc1ccccc1Cl.Cc1ccc(C)c(Cc2cncn2C)c1.Cn1cncc1Cc1c(Cl)cccc1Cl. The Morgan fingerprint density at radius 2 is 0.902 bits per heavy atom. The summed E-state index contributed by atoms with van der Waals surface area (Å²) in [5.74, 6) is 0. The second kappa shape index (κ2) is 23.0. The van der Waals surface area contributed by atoms with Crippen molar-refractivity contribution in [2.45, 2.75) is 80.3 Å². The van der Waals surface area contributed by atoms with Gasteiger partial charge in [0.1, 0.15) is 0 Å². The smallest absolute Gasteiger partial charge is 0.0948 e. The van der Waals surface area contributed by atoms with Gasteiger partial charge in [-0.05, 0) is 98.7 Å². The molecule has 0 unspecified atom stereocenters. The van der Waals surface area contributed by atoms with Gasteiger partial charge in [-0.15, -0.1) is 0 Å². The summed E-state index contributed by atoms with van der Waals surface area (Å²) >= 11 is 18.3. The number of benzene rings is 4. The van der Waals surface area contributed by atoms with E-state index in [1.165, 1.54) is 50.5 Å². The molecule has 4 heterocycles. The van der Waals surface area contributed by atoms with Crippen LogP contribution in [0, 0.1) is 27.7 Å². The predicted molar refractivity (Wildman–Crippen MR) is 253 cm³/mol. The summed E-state index contributed by atoms with van der Waals surface area (Å²) in [6, 6.07) is 26.5. The predicted octanol–water partition coefficient (Wildman–Crippen LogP) is 12.2. The van der Waals surface area contributed by atoms with Crippen LogP contribution in [0.4, 0.5) is 0 Å². The van der Waals surface area contributed by atoms with E-state index in [0.29, 0.717) is 16.5 Å². The van der Waals surface area contributed by atoms with E-state index in [2.05, 4.69) is 118 Å². The van der Waals surface area contributed by atoms with Crippen LogP contribution < -0.4 is 0 Å². The first-order valence-electron chi connectivity index (χ1n) is 20.5. The number of halogens is 3. The van der Waals surface area contributed by atoms with Crippen molar-refractivity contribution < 1.29 is 0 Å². The highest BCUT2D eigenvalue weighted by molar-refractivity contribution is 6.36. The minimum Gasteiger partial charge on any atom is -0.337 e. The zero-order valence-electron chi connectivity index (χ0n) is 36.6. The van der Waals surface area contributed by atoms with Gasteiger partial charge >= 0.3 is 0 Å². The van der Waals surface area contributed by atoms with Crippen molar-refractivity contribution >= 4 is 34.8 Å². The van der Waals surface area contributed by atoms with Crippen LogP contribution in [0.5, 0.6) is 0 Å². The average molecular weight is 876 g/mol. The van der Waals surface area contributed by atoms with Crippen molar-refractivity contribution in [1.82, 2.24) is 38.2 Å². The summed E-state index contributed by atoms with van der Waals surface area (Å²) in [5, 5.41) is 2.22. The number of rotatable bonds is 10. The molecule has 8 rings (SSSR count). The highest BCUT2D eigenvalue weighted by Crippen LogP contribution is 2.27. The first-order valence-corrected chi connectivity index (χ1v) is 21.7. The van der Waals surface area contributed by atoms with E-state index in [-0.39, 0.29) is 0 Å². The molecule has 318 valence electrons. The van der Waals surface area contributed by atoms with E-state index in [4.69, 9.17) is 34.8 Å². The molecule has 8 nitrogen and oxygen atoms in total. The number of hydrogen-bond donors (Lipinski definition) is 0. The number of aryl methyl sites for hydroxylation is 8. The minimum absolute atomic E-state index is 0.698. The molecule has 0 amide bonds. The molecule has 0 radical (unpaired) electrons. The lowest BCUT2D eigenvalue weighted by molar-refractivity contribution is 0.722. The van der Waals surface area contributed by atoms with Crippen LogP contribution >= 0.6 is 34.8 Å². The number of imidazole rings is 4. The summed E-state index contributed by atoms with van der Waals surface area (Å²) in [4.78, 5) is 16.5. The Morgan fingerprint density at radius 3 is 1.44 bits per heavy atom. The largest absolute Gasteiger partial charge is 0.337 e. The Bertz CT molecular complexity index is 2550. The fourth-order valence-corrected chi connectivity index (χ4v) is 7.62. The zero-order chi connectivity index (χ0) is 43.9. The Morgan fingerprint density at radius 1 is 0.443 bits per heavy atom. The van der Waals surface area contributed by atoms with Gasteiger partial charge in [0.05, 0.1) is 25.3 Å². The molecule has 0 saturated heterocycles. The van der Waals surface area contributed by atoms with E-state index in [0.717, 1.165) is 54.2 Å². The van der Waals surface area contributed by atoms with Crippen molar-refractivity contribution in [2.75, 3.05) is 0 Å². The molecular formula is C50H57Cl3N8. The van der Waals surface area contributed by atoms with Gasteiger partial charge in [-0.2, -0.15) is 0 Å². The van der Waals surface area contributed by atoms with E-state index < -0.39 is 0 Å². The molecule has 11 heteroatoms. The third-order valence-corrected chi connectivity index (χ3v) is 11.8. The lowest BCUT2D eigenvalue weighted by Gasteiger charge is -2.10. The van der Waals surface area contributed by atoms with Gasteiger partial charge in [-0.25, -0.2) is 19.9 Å². The maximum absolute atomic E-state index is 6.11. The maximum Gasteiger partial charge on any atom is 0.0948 e. The average Bonchev–Trinajstić information content (AvgIpc) is 4.07. The molecule has 8 aromatic rings. The van der Waals surface area contributed by atoms with E-state index in [1.54, 1.807) is 6.33 Å². The van der Waals surface area contributed by atoms with Gasteiger partial charge in [0.25, 0.3) is 0 Å². The van der Waals surface area contributed by atoms with Gasteiger partial charge < -0.3 is 18.3 Å². The van der Waals surface area contributed by atoms with Crippen LogP contribution in [-0.2, 0) is 52.9 Å². The number of aromatic nitrogens is 8. The third kappa shape index (κ3) is 13.3. The van der Waals surface area contributed by atoms with Crippen molar-refractivity contribution in [2.24, 2.45) is 14.1 Å². The van der Waals surface area contributed by atoms with Crippen LogP contribution in [0.2, 0.25) is 15.1 Å². The summed E-state index contributed by atoms with van der Waals surface area (Å²) < 4.78 is 8.36. The van der Waals surface area contributed by atoms with Gasteiger partial charge in [-0.3, -0.25) is 0 Å². The minimum atomic E-state index is 0.698. The molecule has 0 spiro atoms. The van der Waals surface area contributed by atoms with Crippen LogP contribution in [0.25, 0.3) is 0 Å². The monoisotopic (exact) mass is 874 g/mol. The second-order valence-corrected chi connectivity index (χ2v) is 16.4. The summed E-state index contributed by atoms with van der Waals surface area (Å²) in [7, 11) is 3.99. The first-order chi connectivity index (χ1) is 29.4. The standard InChI is InChI=1S/C14H18N2.C13H16N2.C12H13ClN2.C11H10Cl2N2/c1-4-16-10-15-9-13(16)8-14-11(2)6-5-7-12(14)3;1-10-4-5-11(2)12(6-10)7-13-8-14-9-15(13)3;1-2-15-9-14-8-11(15)7-10-5-3-4-6-12(10)13;1-15-7-14-6-8(15)5-9-10(12)3-2-4-11(9)13/h5-7,9-10H,4,8H2,1-3H3;4-6,8-9H,7H2,1-3H3;3-6,8-9H,2,7H2,1H3;2-4,6-7H,5H2,1H3. The molecule has 4 aromatic carbocycles. The molecule has 0 aliphatic carbocycles. The van der Waals surface area contributed by atoms with E-state index in [1.807, 2.05) is 98.8 Å². The van der Waals surface area contributed by atoms with Gasteiger partial charge in [0.2, 0.25) is 0 Å². The topological polar surface area (TPSA) is 71.3 Å². The lowest BCUT2D eigenvalue weighted by Crippen LogP contribution is -2.02. The quantitative estimate of drug-likeness (QED) is 0.137. The normalized spacial score (nSPS) is 10.6. The molecule has 0 N–H and O–H groups in total. The van der Waals surface area contributed by atoms with Crippen LogP contribution in [0.3, 0.4) is 0 Å². The molecule has 0 saturated carbocycles. The Balaban J connectivity index is 0.000000154. The summed E-state index contributed by atoms with van der Waals surface area (Å²) in [6.07, 6.45) is 18.5. The Hall–Kier alpha value is -5.41. The molecule has 0 bridgehead atoms. The summed E-state index contributed by atoms with van der Waals surface area (Å²) in [6.45, 7) is 14.8.